The summed E-state index contributed by atoms with van der Waals surface area (Å²) >= 11 is 18.6. The summed E-state index contributed by atoms with van der Waals surface area (Å²) in [5.41, 5.74) is 0.595. The second-order valence-electron chi connectivity index (χ2n) is 6.14. The van der Waals surface area contributed by atoms with Crippen molar-refractivity contribution < 1.29 is 14.0 Å². The zero-order valence-corrected chi connectivity index (χ0v) is 17.7. The molecule has 150 valence electrons. The number of hydrogen-bond acceptors (Lipinski definition) is 2. The van der Waals surface area contributed by atoms with Gasteiger partial charge in [-0.2, -0.15) is 0 Å². The lowest BCUT2D eigenvalue weighted by molar-refractivity contribution is -0.140. The molecule has 1 unspecified atom stereocenters. The number of hydrogen-bond donors (Lipinski definition) is 1. The first-order valence-corrected chi connectivity index (χ1v) is 9.80. The Hall–Kier alpha value is -1.82. The fraction of sp³-hybridized carbons (Fsp3) is 0.300. The van der Waals surface area contributed by atoms with Crippen LogP contribution in [0, 0.1) is 5.82 Å². The molecule has 0 spiro atoms. The van der Waals surface area contributed by atoms with Gasteiger partial charge < -0.3 is 10.2 Å². The first kappa shape index (κ1) is 22.5. The van der Waals surface area contributed by atoms with Crippen molar-refractivity contribution in [2.75, 3.05) is 7.05 Å². The van der Waals surface area contributed by atoms with E-state index < -0.39 is 17.8 Å². The van der Waals surface area contributed by atoms with E-state index in [1.165, 1.54) is 30.1 Å². The fourth-order valence-corrected chi connectivity index (χ4v) is 3.64. The topological polar surface area (TPSA) is 49.4 Å². The van der Waals surface area contributed by atoms with Gasteiger partial charge in [-0.1, -0.05) is 53.9 Å². The highest BCUT2D eigenvalue weighted by Crippen LogP contribution is 2.28. The number of nitrogens with one attached hydrogen (secondary N) is 1. The molecule has 0 saturated carbocycles. The van der Waals surface area contributed by atoms with Crippen LogP contribution in [0.15, 0.2) is 36.4 Å². The van der Waals surface area contributed by atoms with Crippen molar-refractivity contribution in [2.24, 2.45) is 0 Å². The number of amides is 2. The Balaban J connectivity index is 2.42. The number of carbonyl (C=O) groups excluding carboxylic acids is 2. The summed E-state index contributed by atoms with van der Waals surface area (Å²) in [6.07, 6.45) is 0.0690. The van der Waals surface area contributed by atoms with Crippen molar-refractivity contribution >= 4 is 46.6 Å². The van der Waals surface area contributed by atoms with E-state index in [1.807, 2.05) is 0 Å². The molecule has 2 rings (SSSR count). The lowest BCUT2D eigenvalue weighted by atomic mass is 10.1. The molecule has 0 aliphatic heterocycles. The van der Waals surface area contributed by atoms with E-state index in [0.717, 1.165) is 0 Å². The minimum absolute atomic E-state index is 0.00926. The molecule has 2 amide bonds. The SMILES string of the molecule is CCC(C(=O)NC)N(Cc1c(Cl)cccc1Cl)C(=O)Cc1c(F)cccc1Cl. The molecule has 2 aromatic carbocycles. The summed E-state index contributed by atoms with van der Waals surface area (Å²) in [5.74, 6) is -1.37. The van der Waals surface area contributed by atoms with Crippen LogP contribution in [0.1, 0.15) is 24.5 Å². The molecule has 0 heterocycles. The minimum Gasteiger partial charge on any atom is -0.357 e. The Bertz CT molecular complexity index is 836. The number of nitrogens with zero attached hydrogens (tertiary/aromatic N) is 1. The van der Waals surface area contributed by atoms with Crippen molar-refractivity contribution in [1.29, 1.82) is 0 Å². The number of rotatable bonds is 7. The molecular weight excluding hydrogens is 426 g/mol. The lowest BCUT2D eigenvalue weighted by Crippen LogP contribution is -2.48. The molecule has 0 bridgehead atoms. The quantitative estimate of drug-likeness (QED) is 0.660. The predicted molar refractivity (Wildman–Crippen MR) is 110 cm³/mol. The van der Waals surface area contributed by atoms with E-state index >= 15 is 0 Å². The van der Waals surface area contributed by atoms with Crippen LogP contribution >= 0.6 is 34.8 Å². The average Bonchev–Trinajstić information content (AvgIpc) is 2.66. The number of likely N-dealkylation sites (N-methyl/N-ethyl adjacent to an activating group) is 1. The van der Waals surface area contributed by atoms with E-state index in [-0.39, 0.29) is 29.5 Å². The third kappa shape index (κ3) is 5.16. The van der Waals surface area contributed by atoms with Crippen LogP contribution in [-0.4, -0.2) is 29.8 Å². The molecule has 28 heavy (non-hydrogen) atoms. The number of carbonyl (C=O) groups is 2. The molecule has 0 saturated heterocycles. The third-order valence-electron chi connectivity index (χ3n) is 4.41. The molecule has 0 aliphatic rings. The molecule has 2 aromatic rings. The standard InChI is InChI=1S/C20H20Cl3FN2O2/c1-3-18(20(28)25-2)26(11-13-15(22)6-4-7-16(13)23)19(27)10-12-14(21)8-5-9-17(12)24/h4-9,18H,3,10-11H2,1-2H3,(H,25,28). The fourth-order valence-electron chi connectivity index (χ4n) is 2.89. The second-order valence-corrected chi connectivity index (χ2v) is 7.36. The molecular formula is C20H20Cl3FN2O2. The van der Waals surface area contributed by atoms with Gasteiger partial charge in [0.2, 0.25) is 11.8 Å². The third-order valence-corrected chi connectivity index (χ3v) is 5.47. The second kappa shape index (κ2) is 10.1. The minimum atomic E-state index is -0.768. The summed E-state index contributed by atoms with van der Waals surface area (Å²) < 4.78 is 14.2. The zero-order valence-electron chi connectivity index (χ0n) is 15.4. The van der Waals surface area contributed by atoms with Gasteiger partial charge in [-0.3, -0.25) is 9.59 Å². The number of halogens is 4. The van der Waals surface area contributed by atoms with E-state index in [0.29, 0.717) is 22.0 Å². The van der Waals surface area contributed by atoms with Gasteiger partial charge in [-0.05, 0) is 30.7 Å². The maximum Gasteiger partial charge on any atom is 0.242 e. The Kier molecular flexibility index (Phi) is 8.10. The van der Waals surface area contributed by atoms with Crippen molar-refractivity contribution in [3.63, 3.8) is 0 Å². The van der Waals surface area contributed by atoms with Crippen LogP contribution in [0.2, 0.25) is 15.1 Å². The van der Waals surface area contributed by atoms with E-state index in [9.17, 15) is 14.0 Å². The van der Waals surface area contributed by atoms with E-state index in [2.05, 4.69) is 5.32 Å². The van der Waals surface area contributed by atoms with E-state index in [4.69, 9.17) is 34.8 Å². The summed E-state index contributed by atoms with van der Waals surface area (Å²) in [7, 11) is 1.49. The van der Waals surface area contributed by atoms with Crippen molar-refractivity contribution in [2.45, 2.75) is 32.4 Å². The Labute approximate surface area is 178 Å². The van der Waals surface area contributed by atoms with Gasteiger partial charge >= 0.3 is 0 Å². The molecule has 0 aromatic heterocycles. The molecule has 8 heteroatoms. The van der Waals surface area contributed by atoms with Gasteiger partial charge in [0.25, 0.3) is 0 Å². The Morgan fingerprint density at radius 3 is 2.07 bits per heavy atom. The van der Waals surface area contributed by atoms with Crippen LogP contribution in [0.3, 0.4) is 0 Å². The highest BCUT2D eigenvalue weighted by molar-refractivity contribution is 6.36. The van der Waals surface area contributed by atoms with E-state index in [1.54, 1.807) is 25.1 Å². The first-order valence-electron chi connectivity index (χ1n) is 8.66. The monoisotopic (exact) mass is 444 g/mol. The van der Waals surface area contributed by atoms with Crippen LogP contribution in [0.5, 0.6) is 0 Å². The molecule has 0 fully saturated rings. The van der Waals surface area contributed by atoms with Crippen molar-refractivity contribution in [3.8, 4) is 0 Å². The van der Waals surface area contributed by atoms with Crippen LogP contribution < -0.4 is 5.32 Å². The van der Waals surface area contributed by atoms with Crippen LogP contribution in [0.25, 0.3) is 0 Å². The van der Waals surface area contributed by atoms with Crippen molar-refractivity contribution in [3.05, 3.63) is 68.4 Å². The van der Waals surface area contributed by atoms with Gasteiger partial charge in [0.15, 0.2) is 0 Å². The maximum atomic E-state index is 14.2. The zero-order chi connectivity index (χ0) is 20.8. The summed E-state index contributed by atoms with van der Waals surface area (Å²) in [4.78, 5) is 26.8. The van der Waals surface area contributed by atoms with Gasteiger partial charge in [-0.15, -0.1) is 0 Å². The molecule has 0 radical (unpaired) electrons. The number of benzene rings is 2. The molecule has 1 N–H and O–H groups in total. The molecule has 0 aliphatic carbocycles. The van der Waals surface area contributed by atoms with Crippen LogP contribution in [0.4, 0.5) is 4.39 Å². The predicted octanol–water partition coefficient (Wildman–Crippen LogP) is 4.88. The van der Waals surface area contributed by atoms with Gasteiger partial charge in [0.05, 0.1) is 6.42 Å². The van der Waals surface area contributed by atoms with Gasteiger partial charge in [0.1, 0.15) is 11.9 Å². The highest BCUT2D eigenvalue weighted by atomic mass is 35.5. The largest absolute Gasteiger partial charge is 0.357 e. The first-order chi connectivity index (χ1) is 13.3. The molecule has 1 atom stereocenters. The summed E-state index contributed by atoms with van der Waals surface area (Å²) in [6.45, 7) is 1.79. The van der Waals surface area contributed by atoms with Gasteiger partial charge in [0, 0.05) is 39.8 Å². The smallest absolute Gasteiger partial charge is 0.242 e. The van der Waals surface area contributed by atoms with Crippen molar-refractivity contribution in [1.82, 2.24) is 10.2 Å². The Morgan fingerprint density at radius 1 is 1.04 bits per heavy atom. The average molecular weight is 446 g/mol. The maximum absolute atomic E-state index is 14.2. The normalized spacial score (nSPS) is 11.8. The summed E-state index contributed by atoms with van der Waals surface area (Å²) in [6, 6.07) is 8.44. The lowest BCUT2D eigenvalue weighted by Gasteiger charge is -2.31. The van der Waals surface area contributed by atoms with Crippen LogP contribution in [-0.2, 0) is 22.6 Å². The molecule has 4 nitrogen and oxygen atoms in total. The summed E-state index contributed by atoms with van der Waals surface area (Å²) in [5, 5.41) is 3.46. The van der Waals surface area contributed by atoms with Gasteiger partial charge in [-0.25, -0.2) is 4.39 Å². The Morgan fingerprint density at radius 2 is 1.57 bits per heavy atom. The highest BCUT2D eigenvalue weighted by Gasteiger charge is 2.30.